The molecule has 6 nitrogen and oxygen atoms in total. The monoisotopic (exact) mass is 381 g/mol. The third-order valence-electron chi connectivity index (χ3n) is 4.37. The van der Waals surface area contributed by atoms with E-state index >= 15 is 0 Å². The minimum absolute atomic E-state index is 0.311. The van der Waals surface area contributed by atoms with Crippen LogP contribution in [0.25, 0.3) is 21.9 Å². The van der Waals surface area contributed by atoms with Crippen molar-refractivity contribution in [2.24, 2.45) is 0 Å². The number of anilines is 1. The maximum Gasteiger partial charge on any atom is 0.332 e. The summed E-state index contributed by atoms with van der Waals surface area (Å²) in [5.74, 6) is -1.22. The summed E-state index contributed by atoms with van der Waals surface area (Å²) in [6.45, 7) is 0. The lowest BCUT2D eigenvalue weighted by Crippen LogP contribution is -2.35. The number of aliphatic carboxylic acids is 1. The van der Waals surface area contributed by atoms with E-state index in [2.05, 4.69) is 0 Å². The van der Waals surface area contributed by atoms with Crippen LogP contribution in [-0.2, 0) is 16.1 Å². The molecule has 2 atom stereocenters. The van der Waals surface area contributed by atoms with Crippen LogP contribution in [0.1, 0.15) is 11.6 Å². The van der Waals surface area contributed by atoms with Gasteiger partial charge in [0.25, 0.3) is 11.3 Å². The summed E-state index contributed by atoms with van der Waals surface area (Å²) in [6.07, 6.45) is 0. The summed E-state index contributed by atoms with van der Waals surface area (Å²) < 4.78 is 28.7. The topological polar surface area (TPSA) is 91.0 Å². The normalized spacial score (nSPS) is 13.5. The molecule has 0 radical (unpaired) electrons. The summed E-state index contributed by atoms with van der Waals surface area (Å²) in [5, 5.41) is 11.3. The Balaban J connectivity index is 1.90. The predicted octanol–water partition coefficient (Wildman–Crippen LogP) is 4.36. The Bertz CT molecular complexity index is 1150. The van der Waals surface area contributed by atoms with Gasteiger partial charge in [0.15, 0.2) is 6.04 Å². The molecule has 0 spiro atoms. The molecule has 0 aliphatic heterocycles. The third-order valence-corrected chi connectivity index (χ3v) is 5.12. The molecular weight excluding hydrogens is 366 g/mol. The molecule has 2 N–H and O–H groups in total. The van der Waals surface area contributed by atoms with Crippen molar-refractivity contribution in [3.8, 4) is 0 Å². The molecule has 0 amide bonds. The van der Waals surface area contributed by atoms with E-state index in [4.69, 9.17) is 4.42 Å². The molecule has 0 saturated carbocycles. The Morgan fingerprint density at radius 3 is 2.30 bits per heavy atom. The number of furan rings is 1. The number of rotatable bonds is 5. The van der Waals surface area contributed by atoms with E-state index in [1.807, 2.05) is 24.3 Å². The van der Waals surface area contributed by atoms with Crippen molar-refractivity contribution in [1.29, 1.82) is 0 Å². The highest BCUT2D eigenvalue weighted by Crippen LogP contribution is 2.35. The zero-order valence-electron chi connectivity index (χ0n) is 14.0. The Morgan fingerprint density at radius 2 is 1.59 bits per heavy atom. The molecule has 4 rings (SSSR count). The number of carboxylic acids is 1. The first kappa shape index (κ1) is 17.3. The summed E-state index contributed by atoms with van der Waals surface area (Å²) >= 11 is -2.55. The number of carbonyl (C=O) groups is 1. The van der Waals surface area contributed by atoms with Crippen LogP contribution in [0.2, 0.25) is 0 Å². The standard InChI is InChI=1S/C20H15NO5S/c22-20(23)19(13-6-2-1-3-7-13)21(27(24)25)14-10-11-18-16(12-14)15-8-4-5-9-17(15)26-18/h1-12,19H,(H,22,23)(H,24,25). The number of nitrogens with zero attached hydrogens (tertiary/aromatic N) is 1. The number of carboxylic acid groups (broad SMARTS) is 1. The second-order valence-electron chi connectivity index (χ2n) is 5.99. The summed E-state index contributed by atoms with van der Waals surface area (Å²) in [5.41, 5.74) is 2.03. The maximum absolute atomic E-state index is 12.1. The quantitative estimate of drug-likeness (QED) is 0.501. The first-order valence-corrected chi connectivity index (χ1v) is 9.22. The molecule has 27 heavy (non-hydrogen) atoms. The summed E-state index contributed by atoms with van der Waals surface area (Å²) in [7, 11) is 0. The highest BCUT2D eigenvalue weighted by Gasteiger charge is 2.32. The largest absolute Gasteiger partial charge is 0.479 e. The zero-order valence-corrected chi connectivity index (χ0v) is 14.8. The Labute approximate surface area is 157 Å². The minimum Gasteiger partial charge on any atom is -0.479 e. The summed E-state index contributed by atoms with van der Waals surface area (Å²) in [4.78, 5) is 11.9. The Morgan fingerprint density at radius 1 is 0.926 bits per heavy atom. The van der Waals surface area contributed by atoms with Gasteiger partial charge in [-0.3, -0.25) is 8.86 Å². The summed E-state index contributed by atoms with van der Waals surface area (Å²) in [6, 6.07) is 19.4. The van der Waals surface area contributed by atoms with Crippen LogP contribution in [0.5, 0.6) is 0 Å². The van der Waals surface area contributed by atoms with Crippen LogP contribution < -0.4 is 4.31 Å². The van der Waals surface area contributed by atoms with Crippen molar-refractivity contribution >= 4 is 44.9 Å². The van der Waals surface area contributed by atoms with Crippen LogP contribution >= 0.6 is 0 Å². The van der Waals surface area contributed by atoms with Crippen molar-refractivity contribution in [2.75, 3.05) is 4.31 Å². The molecule has 3 aromatic carbocycles. The van der Waals surface area contributed by atoms with E-state index in [1.54, 1.807) is 48.5 Å². The van der Waals surface area contributed by atoms with Crippen LogP contribution in [0.15, 0.2) is 77.2 Å². The molecule has 0 aliphatic rings. The van der Waals surface area contributed by atoms with Crippen molar-refractivity contribution < 1.29 is 23.1 Å². The van der Waals surface area contributed by atoms with Gasteiger partial charge in [-0.2, -0.15) is 0 Å². The van der Waals surface area contributed by atoms with Gasteiger partial charge in [-0.05, 0) is 29.8 Å². The molecule has 0 fully saturated rings. The lowest BCUT2D eigenvalue weighted by Gasteiger charge is -2.27. The molecule has 1 aromatic heterocycles. The van der Waals surface area contributed by atoms with E-state index in [0.29, 0.717) is 22.4 Å². The Hall–Kier alpha value is -3.16. The number of benzene rings is 3. The highest BCUT2D eigenvalue weighted by molar-refractivity contribution is 7.80. The molecule has 0 saturated heterocycles. The molecule has 4 aromatic rings. The SMILES string of the molecule is O=C(O)C(c1ccccc1)N(c1ccc2oc3ccccc3c2c1)S(=O)O. The number of hydrogen-bond donors (Lipinski definition) is 2. The average Bonchev–Trinajstić information content (AvgIpc) is 3.04. The molecular formula is C20H15NO5S. The molecule has 0 bridgehead atoms. The van der Waals surface area contributed by atoms with Gasteiger partial charge in [0.05, 0.1) is 5.69 Å². The molecule has 7 heteroatoms. The fraction of sp³-hybridized carbons (Fsp3) is 0.0500. The van der Waals surface area contributed by atoms with Gasteiger partial charge in [-0.1, -0.05) is 48.5 Å². The van der Waals surface area contributed by atoms with E-state index < -0.39 is 23.3 Å². The smallest absolute Gasteiger partial charge is 0.332 e. The van der Waals surface area contributed by atoms with Crippen molar-refractivity contribution in [1.82, 2.24) is 0 Å². The van der Waals surface area contributed by atoms with Crippen molar-refractivity contribution in [3.63, 3.8) is 0 Å². The van der Waals surface area contributed by atoms with Crippen LogP contribution in [0.3, 0.4) is 0 Å². The lowest BCUT2D eigenvalue weighted by molar-refractivity contribution is -0.138. The molecule has 1 heterocycles. The Kier molecular flexibility index (Phi) is 4.39. The first-order chi connectivity index (χ1) is 13.1. The van der Waals surface area contributed by atoms with Gasteiger partial charge in [0, 0.05) is 10.8 Å². The van der Waals surface area contributed by atoms with Crippen molar-refractivity contribution in [2.45, 2.75) is 6.04 Å². The van der Waals surface area contributed by atoms with Gasteiger partial charge in [-0.15, -0.1) is 0 Å². The number of hydrogen-bond acceptors (Lipinski definition) is 3. The van der Waals surface area contributed by atoms with Gasteiger partial charge in [0.2, 0.25) is 0 Å². The first-order valence-electron chi connectivity index (χ1n) is 8.15. The van der Waals surface area contributed by atoms with E-state index in [0.717, 1.165) is 15.1 Å². The second kappa shape index (κ2) is 6.86. The van der Waals surface area contributed by atoms with Gasteiger partial charge in [-0.25, -0.2) is 9.00 Å². The van der Waals surface area contributed by atoms with Crippen LogP contribution in [0.4, 0.5) is 5.69 Å². The van der Waals surface area contributed by atoms with Gasteiger partial charge >= 0.3 is 5.97 Å². The fourth-order valence-electron chi connectivity index (χ4n) is 3.19. The number of fused-ring (bicyclic) bond motifs is 3. The third kappa shape index (κ3) is 3.07. The maximum atomic E-state index is 12.1. The van der Waals surface area contributed by atoms with E-state index in [9.17, 15) is 18.7 Å². The average molecular weight is 381 g/mol. The highest BCUT2D eigenvalue weighted by atomic mass is 32.2. The minimum atomic E-state index is -2.55. The number of para-hydroxylation sites is 1. The molecule has 0 aliphatic carbocycles. The fourth-order valence-corrected chi connectivity index (χ4v) is 3.88. The second-order valence-corrected chi connectivity index (χ2v) is 6.84. The van der Waals surface area contributed by atoms with E-state index in [1.165, 1.54) is 0 Å². The van der Waals surface area contributed by atoms with Gasteiger partial charge in [0.1, 0.15) is 11.2 Å². The van der Waals surface area contributed by atoms with Crippen LogP contribution in [0, 0.1) is 0 Å². The zero-order chi connectivity index (χ0) is 19.0. The van der Waals surface area contributed by atoms with E-state index in [-0.39, 0.29) is 0 Å². The molecule has 2 unspecified atom stereocenters. The molecule has 136 valence electrons. The van der Waals surface area contributed by atoms with Crippen molar-refractivity contribution in [3.05, 3.63) is 78.4 Å². The predicted molar refractivity (Wildman–Crippen MR) is 104 cm³/mol. The lowest BCUT2D eigenvalue weighted by atomic mass is 10.1. The van der Waals surface area contributed by atoms with Gasteiger partial charge < -0.3 is 9.52 Å². The van der Waals surface area contributed by atoms with Crippen LogP contribution in [-0.4, -0.2) is 19.8 Å².